The average molecular weight is 203 g/mol. The Balaban J connectivity index is 2.28. The fourth-order valence-corrected chi connectivity index (χ4v) is 1.77. The fourth-order valence-electron chi connectivity index (χ4n) is 1.77. The Morgan fingerprint density at radius 3 is 2.80 bits per heavy atom. The molecule has 0 fully saturated rings. The van der Waals surface area contributed by atoms with Crippen molar-refractivity contribution in [2.75, 3.05) is 13.1 Å². The zero-order valence-electron chi connectivity index (χ0n) is 9.35. The van der Waals surface area contributed by atoms with Crippen molar-refractivity contribution in [3.8, 4) is 0 Å². The highest BCUT2D eigenvalue weighted by Crippen LogP contribution is 2.12. The van der Waals surface area contributed by atoms with E-state index in [9.17, 15) is 0 Å². The summed E-state index contributed by atoms with van der Waals surface area (Å²) in [5, 5.41) is 1.21. The van der Waals surface area contributed by atoms with Gasteiger partial charge in [0.1, 0.15) is 5.65 Å². The lowest BCUT2D eigenvalue weighted by Crippen LogP contribution is -2.25. The maximum Gasteiger partial charge on any atom is 0.140 e. The molecule has 0 aliphatic heterocycles. The summed E-state index contributed by atoms with van der Waals surface area (Å²) in [4.78, 5) is 6.77. The molecule has 15 heavy (non-hydrogen) atoms. The second kappa shape index (κ2) is 4.45. The molecule has 2 aromatic rings. The first-order valence-corrected chi connectivity index (χ1v) is 5.47. The zero-order chi connectivity index (χ0) is 10.7. The summed E-state index contributed by atoms with van der Waals surface area (Å²) in [6.45, 7) is 7.44. The van der Waals surface area contributed by atoms with Crippen molar-refractivity contribution in [3.05, 3.63) is 30.6 Å². The normalized spacial score (nSPS) is 11.4. The molecule has 2 aromatic heterocycles. The molecule has 0 aromatic carbocycles. The first-order chi connectivity index (χ1) is 7.35. The fraction of sp³-hybridized carbons (Fsp3) is 0.417. The summed E-state index contributed by atoms with van der Waals surface area (Å²) in [6.07, 6.45) is 3.96. The van der Waals surface area contributed by atoms with Crippen molar-refractivity contribution >= 4 is 11.0 Å². The highest BCUT2D eigenvalue weighted by molar-refractivity contribution is 5.75. The summed E-state index contributed by atoms with van der Waals surface area (Å²) in [5.41, 5.74) is 1.07. The van der Waals surface area contributed by atoms with Crippen LogP contribution in [0.1, 0.15) is 13.8 Å². The van der Waals surface area contributed by atoms with E-state index < -0.39 is 0 Å². The molecule has 2 heterocycles. The topological polar surface area (TPSA) is 21.1 Å². The second-order valence-corrected chi connectivity index (χ2v) is 3.65. The number of aromatic nitrogens is 2. The van der Waals surface area contributed by atoms with Crippen molar-refractivity contribution < 1.29 is 0 Å². The molecule has 0 saturated heterocycles. The van der Waals surface area contributed by atoms with Crippen LogP contribution in [0.5, 0.6) is 0 Å². The van der Waals surface area contributed by atoms with Gasteiger partial charge < -0.3 is 4.57 Å². The molecule has 0 aliphatic rings. The number of rotatable bonds is 4. The predicted molar refractivity (Wildman–Crippen MR) is 62.7 cm³/mol. The summed E-state index contributed by atoms with van der Waals surface area (Å²) in [6, 6.07) is 6.19. The summed E-state index contributed by atoms with van der Waals surface area (Å²) >= 11 is 0. The molecule has 0 spiro atoms. The monoisotopic (exact) mass is 203 g/mol. The van der Waals surface area contributed by atoms with Crippen molar-refractivity contribution in [1.29, 1.82) is 0 Å². The van der Waals surface area contributed by atoms with Crippen LogP contribution in [0.15, 0.2) is 30.6 Å². The van der Waals surface area contributed by atoms with Gasteiger partial charge in [-0.1, -0.05) is 13.8 Å². The maximum absolute atomic E-state index is 4.40. The Hall–Kier alpha value is -1.35. The third-order valence-electron chi connectivity index (χ3n) is 2.77. The number of hydrogen-bond acceptors (Lipinski definition) is 2. The van der Waals surface area contributed by atoms with Crippen molar-refractivity contribution in [1.82, 2.24) is 14.5 Å². The van der Waals surface area contributed by atoms with Crippen LogP contribution in [0, 0.1) is 0 Å². The molecule has 0 unspecified atom stereocenters. The maximum atomic E-state index is 4.40. The van der Waals surface area contributed by atoms with Gasteiger partial charge in [-0.15, -0.1) is 0 Å². The van der Waals surface area contributed by atoms with Gasteiger partial charge in [0.25, 0.3) is 0 Å². The number of fused-ring (bicyclic) bond motifs is 1. The third-order valence-corrected chi connectivity index (χ3v) is 2.77. The van der Waals surface area contributed by atoms with Gasteiger partial charge in [0.05, 0.1) is 6.67 Å². The molecule has 0 bridgehead atoms. The highest BCUT2D eigenvalue weighted by Gasteiger charge is 2.04. The molecule has 0 N–H and O–H groups in total. The van der Waals surface area contributed by atoms with Gasteiger partial charge in [-0.05, 0) is 31.3 Å². The van der Waals surface area contributed by atoms with E-state index in [1.165, 1.54) is 5.39 Å². The van der Waals surface area contributed by atoms with Gasteiger partial charge in [0.15, 0.2) is 0 Å². The molecule has 3 heteroatoms. The van der Waals surface area contributed by atoms with Gasteiger partial charge in [-0.25, -0.2) is 4.98 Å². The molecule has 0 saturated carbocycles. The number of pyridine rings is 1. The Morgan fingerprint density at radius 1 is 1.27 bits per heavy atom. The first kappa shape index (κ1) is 10.2. The van der Waals surface area contributed by atoms with E-state index in [1.54, 1.807) is 0 Å². The molecule has 0 radical (unpaired) electrons. The van der Waals surface area contributed by atoms with E-state index >= 15 is 0 Å². The van der Waals surface area contributed by atoms with E-state index in [-0.39, 0.29) is 0 Å². The molecular formula is C12H17N3. The van der Waals surface area contributed by atoms with E-state index in [0.717, 1.165) is 25.4 Å². The molecule has 0 amide bonds. The minimum Gasteiger partial charge on any atom is -0.319 e. The first-order valence-electron chi connectivity index (χ1n) is 5.47. The van der Waals surface area contributed by atoms with Crippen LogP contribution in [0.3, 0.4) is 0 Å². The predicted octanol–water partition coefficient (Wildman–Crippen LogP) is 2.34. The minimum atomic E-state index is 0.924. The third kappa shape index (κ3) is 2.02. The van der Waals surface area contributed by atoms with Crippen LogP contribution in [0.25, 0.3) is 11.0 Å². The lowest BCUT2D eigenvalue weighted by atomic mass is 10.3. The standard InChI is InChI=1S/C12H17N3/c1-3-14(4-2)10-15-9-7-11-6-5-8-13-12(11)15/h5-9H,3-4,10H2,1-2H3. The quantitative estimate of drug-likeness (QED) is 0.760. The Kier molecular flexibility index (Phi) is 3.02. The lowest BCUT2D eigenvalue weighted by molar-refractivity contribution is 0.245. The summed E-state index contributed by atoms with van der Waals surface area (Å²) in [7, 11) is 0. The molecule has 80 valence electrons. The summed E-state index contributed by atoms with van der Waals surface area (Å²) < 4.78 is 2.20. The average Bonchev–Trinajstić information content (AvgIpc) is 2.69. The van der Waals surface area contributed by atoms with E-state index in [0.29, 0.717) is 0 Å². The SMILES string of the molecule is CCN(CC)Cn1ccc2cccnc21. The molecular weight excluding hydrogens is 186 g/mol. The van der Waals surface area contributed by atoms with Crippen molar-refractivity contribution in [3.63, 3.8) is 0 Å². The van der Waals surface area contributed by atoms with Crippen LogP contribution in [-0.4, -0.2) is 27.5 Å². The molecule has 0 atom stereocenters. The number of nitrogens with zero attached hydrogens (tertiary/aromatic N) is 3. The molecule has 3 nitrogen and oxygen atoms in total. The van der Waals surface area contributed by atoms with Crippen molar-refractivity contribution in [2.24, 2.45) is 0 Å². The Labute approximate surface area is 90.3 Å². The van der Waals surface area contributed by atoms with Crippen LogP contribution in [0.2, 0.25) is 0 Å². The number of hydrogen-bond donors (Lipinski definition) is 0. The van der Waals surface area contributed by atoms with Gasteiger partial charge in [-0.2, -0.15) is 0 Å². The van der Waals surface area contributed by atoms with Gasteiger partial charge in [-0.3, -0.25) is 4.90 Å². The van der Waals surface area contributed by atoms with Crippen LogP contribution < -0.4 is 0 Å². The molecule has 2 rings (SSSR count). The Morgan fingerprint density at radius 2 is 2.07 bits per heavy atom. The smallest absolute Gasteiger partial charge is 0.140 e. The van der Waals surface area contributed by atoms with E-state index in [1.807, 2.05) is 12.3 Å². The van der Waals surface area contributed by atoms with Gasteiger partial charge >= 0.3 is 0 Å². The second-order valence-electron chi connectivity index (χ2n) is 3.65. The highest BCUT2D eigenvalue weighted by atomic mass is 15.2. The van der Waals surface area contributed by atoms with Crippen LogP contribution in [-0.2, 0) is 6.67 Å². The Bertz CT molecular complexity index is 429. The lowest BCUT2D eigenvalue weighted by Gasteiger charge is -2.18. The molecule has 0 aliphatic carbocycles. The van der Waals surface area contributed by atoms with Gasteiger partial charge in [0, 0.05) is 17.8 Å². The largest absolute Gasteiger partial charge is 0.319 e. The van der Waals surface area contributed by atoms with Crippen LogP contribution >= 0.6 is 0 Å². The van der Waals surface area contributed by atoms with Gasteiger partial charge in [0.2, 0.25) is 0 Å². The van der Waals surface area contributed by atoms with Crippen LogP contribution in [0.4, 0.5) is 0 Å². The summed E-state index contributed by atoms with van der Waals surface area (Å²) in [5.74, 6) is 0. The van der Waals surface area contributed by atoms with Crippen molar-refractivity contribution in [2.45, 2.75) is 20.5 Å². The van der Waals surface area contributed by atoms with E-state index in [4.69, 9.17) is 0 Å². The zero-order valence-corrected chi connectivity index (χ0v) is 9.35. The van der Waals surface area contributed by atoms with E-state index in [2.05, 4.69) is 46.6 Å². The minimum absolute atomic E-state index is 0.924.